The van der Waals surface area contributed by atoms with Crippen LogP contribution in [0.25, 0.3) is 11.0 Å². The average Bonchev–Trinajstić information content (AvgIpc) is 2.44. The molecule has 2 aromatic rings. The van der Waals surface area contributed by atoms with Gasteiger partial charge in [-0.2, -0.15) is 0 Å². The van der Waals surface area contributed by atoms with Crippen molar-refractivity contribution in [3.63, 3.8) is 0 Å². The summed E-state index contributed by atoms with van der Waals surface area (Å²) in [6.45, 7) is 3.70. The number of amides is 1. The zero-order chi connectivity index (χ0) is 15.4. The lowest BCUT2D eigenvalue weighted by atomic mass is 10.0. The van der Waals surface area contributed by atoms with Crippen LogP contribution in [0.5, 0.6) is 5.75 Å². The minimum atomic E-state index is -0.548. The Bertz CT molecular complexity index is 718. The van der Waals surface area contributed by atoms with Crippen LogP contribution < -0.4 is 16.1 Å². The van der Waals surface area contributed by atoms with Gasteiger partial charge in [0.05, 0.1) is 0 Å². The van der Waals surface area contributed by atoms with Crippen molar-refractivity contribution in [1.82, 2.24) is 0 Å². The van der Waals surface area contributed by atoms with E-state index in [0.717, 1.165) is 30.2 Å². The van der Waals surface area contributed by atoms with Crippen LogP contribution in [0.4, 0.5) is 0 Å². The van der Waals surface area contributed by atoms with Gasteiger partial charge in [0.15, 0.2) is 6.61 Å². The number of nitrogens with two attached hydrogens (primary N) is 1. The Labute approximate surface area is 122 Å². The first-order valence-electron chi connectivity index (χ1n) is 7.00. The molecule has 5 nitrogen and oxygen atoms in total. The van der Waals surface area contributed by atoms with Gasteiger partial charge >= 0.3 is 5.63 Å². The Balaban J connectivity index is 2.49. The summed E-state index contributed by atoms with van der Waals surface area (Å²) in [5.74, 6) is -0.0512. The molecule has 2 N–H and O–H groups in total. The molecule has 0 aliphatic heterocycles. The van der Waals surface area contributed by atoms with Crippen molar-refractivity contribution in [2.24, 2.45) is 5.73 Å². The van der Waals surface area contributed by atoms with Crippen LogP contribution in [0.1, 0.15) is 30.9 Å². The minimum absolute atomic E-state index is 0.202. The lowest BCUT2D eigenvalue weighted by Gasteiger charge is -2.11. The minimum Gasteiger partial charge on any atom is -0.483 e. The molecule has 0 aliphatic rings. The van der Waals surface area contributed by atoms with Crippen molar-refractivity contribution in [2.75, 3.05) is 6.61 Å². The van der Waals surface area contributed by atoms with E-state index in [-0.39, 0.29) is 12.2 Å². The van der Waals surface area contributed by atoms with Crippen molar-refractivity contribution in [3.05, 3.63) is 39.7 Å². The number of rotatable bonds is 6. The van der Waals surface area contributed by atoms with Crippen LogP contribution in [-0.2, 0) is 11.2 Å². The molecule has 0 bridgehead atoms. The maximum atomic E-state index is 11.7. The molecule has 0 saturated carbocycles. The van der Waals surface area contributed by atoms with E-state index < -0.39 is 5.91 Å². The van der Waals surface area contributed by atoms with E-state index in [4.69, 9.17) is 14.9 Å². The van der Waals surface area contributed by atoms with Crippen LogP contribution in [0, 0.1) is 6.92 Å². The second-order valence-corrected chi connectivity index (χ2v) is 5.01. The Kier molecular flexibility index (Phi) is 4.62. The number of benzene rings is 1. The van der Waals surface area contributed by atoms with Crippen molar-refractivity contribution in [1.29, 1.82) is 0 Å². The topological polar surface area (TPSA) is 82.5 Å². The Morgan fingerprint density at radius 2 is 2.14 bits per heavy atom. The van der Waals surface area contributed by atoms with E-state index in [2.05, 4.69) is 6.92 Å². The second kappa shape index (κ2) is 6.43. The number of hydrogen-bond acceptors (Lipinski definition) is 4. The van der Waals surface area contributed by atoms with Gasteiger partial charge in [0.1, 0.15) is 11.3 Å². The number of hydrogen-bond donors (Lipinski definition) is 1. The summed E-state index contributed by atoms with van der Waals surface area (Å²) in [7, 11) is 0. The molecule has 112 valence electrons. The average molecular weight is 289 g/mol. The molecule has 0 spiro atoms. The summed E-state index contributed by atoms with van der Waals surface area (Å²) in [6, 6.07) is 5.17. The standard InChI is InChI=1S/C16H19NO4/c1-3-4-5-11-8-15(19)21-16-10(2)13(7-6-12(11)16)20-9-14(17)18/h6-8H,3-5,9H2,1-2H3,(H2,17,18). The summed E-state index contributed by atoms with van der Waals surface area (Å²) in [6.07, 6.45) is 2.90. The van der Waals surface area contributed by atoms with Gasteiger partial charge in [-0.05, 0) is 37.5 Å². The molecular formula is C16H19NO4. The number of carbonyl (C=O) groups excluding carboxylic acids is 1. The van der Waals surface area contributed by atoms with Crippen molar-refractivity contribution in [3.8, 4) is 5.75 Å². The molecule has 0 radical (unpaired) electrons. The number of primary amides is 1. The fraction of sp³-hybridized carbons (Fsp3) is 0.375. The predicted molar refractivity (Wildman–Crippen MR) is 80.5 cm³/mol. The lowest BCUT2D eigenvalue weighted by Crippen LogP contribution is -2.20. The number of carbonyl (C=O) groups is 1. The summed E-state index contributed by atoms with van der Waals surface area (Å²) in [5.41, 5.74) is 6.88. The molecule has 0 fully saturated rings. The van der Waals surface area contributed by atoms with E-state index in [1.54, 1.807) is 19.1 Å². The highest BCUT2D eigenvalue weighted by atomic mass is 16.5. The zero-order valence-electron chi connectivity index (χ0n) is 12.3. The third-order valence-electron chi connectivity index (χ3n) is 3.37. The number of ether oxygens (including phenoxy) is 1. The molecule has 1 aromatic heterocycles. The van der Waals surface area contributed by atoms with Gasteiger partial charge in [-0.3, -0.25) is 4.79 Å². The predicted octanol–water partition coefficient (Wildman–Crippen LogP) is 2.31. The molecule has 1 aromatic carbocycles. The molecule has 1 amide bonds. The molecule has 0 atom stereocenters. The van der Waals surface area contributed by atoms with E-state index in [1.165, 1.54) is 0 Å². The van der Waals surface area contributed by atoms with Crippen molar-refractivity contribution in [2.45, 2.75) is 33.1 Å². The molecule has 0 saturated heterocycles. The fourth-order valence-corrected chi connectivity index (χ4v) is 2.29. The molecule has 21 heavy (non-hydrogen) atoms. The van der Waals surface area contributed by atoms with Gasteiger partial charge in [-0.1, -0.05) is 13.3 Å². The summed E-state index contributed by atoms with van der Waals surface area (Å²) in [5, 5.41) is 0.909. The Morgan fingerprint density at radius 1 is 1.38 bits per heavy atom. The monoisotopic (exact) mass is 289 g/mol. The quantitative estimate of drug-likeness (QED) is 0.827. The molecule has 0 unspecified atom stereocenters. The van der Waals surface area contributed by atoms with Crippen LogP contribution in [0.15, 0.2) is 27.4 Å². The van der Waals surface area contributed by atoms with E-state index >= 15 is 0 Å². The molecule has 0 aliphatic carbocycles. The normalized spacial score (nSPS) is 10.8. The van der Waals surface area contributed by atoms with Gasteiger partial charge in [-0.15, -0.1) is 0 Å². The van der Waals surface area contributed by atoms with Gasteiger partial charge in [0.25, 0.3) is 5.91 Å². The largest absolute Gasteiger partial charge is 0.483 e. The number of aryl methyl sites for hydroxylation is 2. The zero-order valence-corrected chi connectivity index (χ0v) is 12.3. The summed E-state index contributed by atoms with van der Waals surface area (Å²) >= 11 is 0. The summed E-state index contributed by atoms with van der Waals surface area (Å²) in [4.78, 5) is 22.5. The molecule has 2 rings (SSSR count). The first-order chi connectivity index (χ1) is 10.0. The first-order valence-corrected chi connectivity index (χ1v) is 7.00. The second-order valence-electron chi connectivity index (χ2n) is 5.01. The SMILES string of the molecule is CCCCc1cc(=O)oc2c(C)c(OCC(N)=O)ccc12. The smallest absolute Gasteiger partial charge is 0.336 e. The highest BCUT2D eigenvalue weighted by molar-refractivity contribution is 5.85. The van der Waals surface area contributed by atoms with Crippen LogP contribution in [-0.4, -0.2) is 12.5 Å². The third kappa shape index (κ3) is 3.42. The Hall–Kier alpha value is -2.30. The molecule has 1 heterocycles. The maximum absolute atomic E-state index is 11.7. The van der Waals surface area contributed by atoms with Crippen molar-refractivity contribution >= 4 is 16.9 Å². The van der Waals surface area contributed by atoms with Crippen LogP contribution in [0.2, 0.25) is 0 Å². The fourth-order valence-electron chi connectivity index (χ4n) is 2.29. The van der Waals surface area contributed by atoms with E-state index in [9.17, 15) is 9.59 Å². The first kappa shape index (κ1) is 15.1. The van der Waals surface area contributed by atoms with Crippen LogP contribution in [0.3, 0.4) is 0 Å². The van der Waals surface area contributed by atoms with E-state index in [0.29, 0.717) is 16.9 Å². The number of fused-ring (bicyclic) bond motifs is 1. The van der Waals surface area contributed by atoms with Crippen LogP contribution >= 0.6 is 0 Å². The highest BCUT2D eigenvalue weighted by Crippen LogP contribution is 2.29. The van der Waals surface area contributed by atoms with Gasteiger partial charge < -0.3 is 14.9 Å². The van der Waals surface area contributed by atoms with Gasteiger partial charge in [-0.25, -0.2) is 4.79 Å². The van der Waals surface area contributed by atoms with Crippen molar-refractivity contribution < 1.29 is 13.9 Å². The molecular weight excluding hydrogens is 270 g/mol. The van der Waals surface area contributed by atoms with Gasteiger partial charge in [0, 0.05) is 17.0 Å². The lowest BCUT2D eigenvalue weighted by molar-refractivity contribution is -0.119. The highest BCUT2D eigenvalue weighted by Gasteiger charge is 2.12. The molecule has 5 heteroatoms. The Morgan fingerprint density at radius 3 is 2.81 bits per heavy atom. The van der Waals surface area contributed by atoms with E-state index in [1.807, 2.05) is 6.07 Å². The summed E-state index contributed by atoms with van der Waals surface area (Å²) < 4.78 is 10.6. The third-order valence-corrected chi connectivity index (χ3v) is 3.37. The van der Waals surface area contributed by atoms with Gasteiger partial charge in [0.2, 0.25) is 0 Å². The number of unbranched alkanes of at least 4 members (excludes halogenated alkanes) is 1. The maximum Gasteiger partial charge on any atom is 0.336 e.